The van der Waals surface area contributed by atoms with E-state index in [4.69, 9.17) is 0 Å². The predicted molar refractivity (Wildman–Crippen MR) is 113 cm³/mol. The summed E-state index contributed by atoms with van der Waals surface area (Å²) in [4.78, 5) is 29.5. The molecule has 1 unspecified atom stereocenters. The van der Waals surface area contributed by atoms with Gasteiger partial charge in [0.25, 0.3) is 11.8 Å². The van der Waals surface area contributed by atoms with Crippen molar-refractivity contribution in [3.8, 4) is 6.07 Å². The van der Waals surface area contributed by atoms with Gasteiger partial charge in [-0.25, -0.2) is 0 Å². The summed E-state index contributed by atoms with van der Waals surface area (Å²) in [6, 6.07) is 17.0. The fraction of sp³-hybridized carbons (Fsp3) is 0.208. The Morgan fingerprint density at radius 2 is 1.79 bits per heavy atom. The number of rotatable bonds is 4. The van der Waals surface area contributed by atoms with E-state index in [1.165, 1.54) is 9.80 Å². The summed E-state index contributed by atoms with van der Waals surface area (Å²) in [5.41, 5.74) is 1.93. The first-order valence-electron chi connectivity index (χ1n) is 9.31. The second kappa shape index (κ2) is 7.76. The molecule has 0 radical (unpaired) electrons. The quantitative estimate of drug-likeness (QED) is 0.757. The summed E-state index contributed by atoms with van der Waals surface area (Å²) >= 11 is 0. The first-order valence-corrected chi connectivity index (χ1v) is 9.31. The molecule has 0 spiro atoms. The van der Waals surface area contributed by atoms with Crippen LogP contribution in [0.3, 0.4) is 0 Å². The minimum absolute atomic E-state index is 0.177. The van der Waals surface area contributed by atoms with Crippen molar-refractivity contribution in [2.24, 2.45) is 0 Å². The predicted octanol–water partition coefficient (Wildman–Crippen LogP) is 3.47. The summed E-state index contributed by atoms with van der Waals surface area (Å²) in [6.45, 7) is 5.57. The van der Waals surface area contributed by atoms with Gasteiger partial charge in [-0.1, -0.05) is 55.1 Å². The Bertz CT molecular complexity index is 1050. The van der Waals surface area contributed by atoms with Gasteiger partial charge in [-0.05, 0) is 30.2 Å². The lowest BCUT2D eigenvalue weighted by Gasteiger charge is -2.45. The third-order valence-corrected chi connectivity index (χ3v) is 5.54. The van der Waals surface area contributed by atoms with Gasteiger partial charge in [0.05, 0.1) is 11.6 Å². The molecule has 5 heteroatoms. The molecule has 1 aliphatic rings. The molecule has 2 amide bonds. The smallest absolute Gasteiger partial charge is 0.271 e. The van der Waals surface area contributed by atoms with Gasteiger partial charge in [-0.2, -0.15) is 5.26 Å². The molecule has 146 valence electrons. The number of benzene rings is 2. The molecule has 0 aromatic heterocycles. The highest BCUT2D eigenvalue weighted by molar-refractivity contribution is 6.09. The van der Waals surface area contributed by atoms with Crippen molar-refractivity contribution in [1.29, 1.82) is 5.26 Å². The third kappa shape index (κ3) is 3.45. The highest BCUT2D eigenvalue weighted by Crippen LogP contribution is 2.32. The van der Waals surface area contributed by atoms with Crippen LogP contribution in [0.25, 0.3) is 12.2 Å². The van der Waals surface area contributed by atoms with Crippen LogP contribution in [0, 0.1) is 11.3 Å². The van der Waals surface area contributed by atoms with Gasteiger partial charge in [-0.15, -0.1) is 0 Å². The number of nitrogens with zero attached hydrogens (tertiary/aromatic N) is 3. The van der Waals surface area contributed by atoms with Crippen LogP contribution < -0.4 is 0 Å². The maximum absolute atomic E-state index is 13.3. The fourth-order valence-electron chi connectivity index (χ4n) is 3.66. The van der Waals surface area contributed by atoms with Gasteiger partial charge in [0.15, 0.2) is 0 Å². The topological polar surface area (TPSA) is 64.4 Å². The molecule has 1 fully saturated rings. The van der Waals surface area contributed by atoms with E-state index < -0.39 is 5.54 Å². The van der Waals surface area contributed by atoms with Crippen LogP contribution in [0.4, 0.5) is 0 Å². The van der Waals surface area contributed by atoms with Crippen LogP contribution in [0.5, 0.6) is 0 Å². The highest BCUT2D eigenvalue weighted by Gasteiger charge is 2.48. The van der Waals surface area contributed by atoms with E-state index in [9.17, 15) is 14.9 Å². The van der Waals surface area contributed by atoms with Crippen LogP contribution in [0.15, 0.2) is 60.8 Å². The van der Waals surface area contributed by atoms with Crippen LogP contribution in [0.2, 0.25) is 0 Å². The van der Waals surface area contributed by atoms with Gasteiger partial charge in [0.2, 0.25) is 0 Å². The maximum atomic E-state index is 13.3. The molecule has 1 atom stereocenters. The van der Waals surface area contributed by atoms with Gasteiger partial charge >= 0.3 is 0 Å². The molecular weight excluding hydrogens is 362 g/mol. The summed E-state index contributed by atoms with van der Waals surface area (Å²) in [5, 5.41) is 9.46. The summed E-state index contributed by atoms with van der Waals surface area (Å²) in [6.07, 6.45) is 3.65. The average molecular weight is 385 g/mol. The van der Waals surface area contributed by atoms with Gasteiger partial charge in [-0.3, -0.25) is 9.59 Å². The number of nitriles is 1. The Morgan fingerprint density at radius 3 is 2.41 bits per heavy atom. The first kappa shape index (κ1) is 20.1. The molecule has 1 saturated heterocycles. The largest absolute Gasteiger partial charge is 0.326 e. The van der Waals surface area contributed by atoms with Crippen LogP contribution >= 0.6 is 0 Å². The molecule has 0 N–H and O–H groups in total. The first-order chi connectivity index (χ1) is 13.8. The molecule has 2 aromatic carbocycles. The molecule has 29 heavy (non-hydrogen) atoms. The second-order valence-electron chi connectivity index (χ2n) is 7.32. The zero-order chi connectivity index (χ0) is 21.2. The van der Waals surface area contributed by atoms with Crippen molar-refractivity contribution in [3.05, 3.63) is 83.1 Å². The van der Waals surface area contributed by atoms with E-state index in [1.807, 2.05) is 36.4 Å². The zero-order valence-corrected chi connectivity index (χ0v) is 16.8. The number of hydrogen-bond donors (Lipinski definition) is 0. The van der Waals surface area contributed by atoms with Crippen molar-refractivity contribution in [2.45, 2.75) is 18.9 Å². The Kier molecular flexibility index (Phi) is 5.38. The van der Waals surface area contributed by atoms with Crippen molar-refractivity contribution in [3.63, 3.8) is 0 Å². The molecule has 2 aromatic rings. The third-order valence-electron chi connectivity index (χ3n) is 5.54. The van der Waals surface area contributed by atoms with Crippen molar-refractivity contribution >= 4 is 24.0 Å². The summed E-state index contributed by atoms with van der Waals surface area (Å²) < 4.78 is 0. The van der Waals surface area contributed by atoms with Crippen LogP contribution in [-0.4, -0.2) is 41.2 Å². The van der Waals surface area contributed by atoms with E-state index in [0.29, 0.717) is 17.5 Å². The summed E-state index contributed by atoms with van der Waals surface area (Å²) in [7, 11) is 3.25. The van der Waals surface area contributed by atoms with E-state index >= 15 is 0 Å². The molecule has 5 nitrogen and oxygen atoms in total. The molecule has 0 saturated carbocycles. The number of piperazine rings is 1. The van der Waals surface area contributed by atoms with E-state index in [-0.39, 0.29) is 17.5 Å². The lowest BCUT2D eigenvalue weighted by atomic mass is 9.86. The standard InChI is InChI=1S/C24H23N3O2/c1-5-18-12-9-13-19(16-25)20(18)14-21-22(28)27(4)24(2,23(29)26(21)3)15-17-10-7-6-8-11-17/h5-14H,1,15H2,2-4H3. The Morgan fingerprint density at radius 1 is 1.10 bits per heavy atom. The Hall–Kier alpha value is -3.65. The molecule has 1 heterocycles. The van der Waals surface area contributed by atoms with Crippen molar-refractivity contribution < 1.29 is 9.59 Å². The maximum Gasteiger partial charge on any atom is 0.271 e. The van der Waals surface area contributed by atoms with Gasteiger partial charge in [0.1, 0.15) is 11.2 Å². The number of carbonyl (C=O) groups is 2. The number of carbonyl (C=O) groups excluding carboxylic acids is 2. The van der Waals surface area contributed by atoms with Crippen molar-refractivity contribution in [2.75, 3.05) is 14.1 Å². The number of hydrogen-bond acceptors (Lipinski definition) is 3. The SMILES string of the molecule is C=Cc1cccc(C#N)c1C=C1C(=O)N(C)C(C)(Cc2ccccc2)C(=O)N1C. The highest BCUT2D eigenvalue weighted by atomic mass is 16.2. The monoisotopic (exact) mass is 385 g/mol. The van der Waals surface area contributed by atoms with Crippen molar-refractivity contribution in [1.82, 2.24) is 9.80 Å². The van der Waals surface area contributed by atoms with E-state index in [0.717, 1.165) is 11.1 Å². The minimum atomic E-state index is -0.999. The van der Waals surface area contributed by atoms with Gasteiger partial charge < -0.3 is 9.80 Å². The zero-order valence-electron chi connectivity index (χ0n) is 16.8. The Labute approximate surface area is 171 Å². The summed E-state index contributed by atoms with van der Waals surface area (Å²) in [5.74, 6) is -0.447. The molecule has 3 rings (SSSR count). The molecule has 1 aliphatic heterocycles. The fourth-order valence-corrected chi connectivity index (χ4v) is 3.66. The van der Waals surface area contributed by atoms with Gasteiger partial charge in [0, 0.05) is 26.1 Å². The van der Waals surface area contributed by atoms with Crippen LogP contribution in [0.1, 0.15) is 29.2 Å². The minimum Gasteiger partial charge on any atom is -0.326 e. The molecular formula is C24H23N3O2. The second-order valence-corrected chi connectivity index (χ2v) is 7.32. The molecule has 0 aliphatic carbocycles. The number of likely N-dealkylation sites (N-methyl/N-ethyl adjacent to an activating group) is 2. The number of amides is 2. The molecule has 0 bridgehead atoms. The Balaban J connectivity index is 2.06. The normalized spacial score (nSPS) is 20.7. The van der Waals surface area contributed by atoms with E-state index in [2.05, 4.69) is 12.6 Å². The van der Waals surface area contributed by atoms with Crippen LogP contribution in [-0.2, 0) is 16.0 Å². The average Bonchev–Trinajstić information content (AvgIpc) is 2.74. The lowest BCUT2D eigenvalue weighted by molar-refractivity contribution is -0.155. The van der Waals surface area contributed by atoms with E-state index in [1.54, 1.807) is 45.3 Å². The lowest BCUT2D eigenvalue weighted by Crippen LogP contribution is -2.64.